The summed E-state index contributed by atoms with van der Waals surface area (Å²) in [5.41, 5.74) is -0.979. The minimum atomic E-state index is -0.979. The lowest BCUT2D eigenvalue weighted by atomic mass is 10.1. The van der Waals surface area contributed by atoms with E-state index in [4.69, 9.17) is 5.11 Å². The summed E-state index contributed by atoms with van der Waals surface area (Å²) in [6, 6.07) is 1.33. The third-order valence-electron chi connectivity index (χ3n) is 3.40. The van der Waals surface area contributed by atoms with Gasteiger partial charge in [-0.3, -0.25) is 4.90 Å². The van der Waals surface area contributed by atoms with Crippen molar-refractivity contribution in [3.63, 3.8) is 0 Å². The maximum absolute atomic E-state index is 9.64. The van der Waals surface area contributed by atoms with Crippen LogP contribution in [0, 0.1) is 0 Å². The summed E-state index contributed by atoms with van der Waals surface area (Å²) in [5.74, 6) is 0. The molecule has 1 saturated heterocycles. The van der Waals surface area contributed by atoms with Crippen molar-refractivity contribution in [2.24, 2.45) is 0 Å². The number of aliphatic hydroxyl groups excluding tert-OH is 1. The van der Waals surface area contributed by atoms with Gasteiger partial charge in [-0.05, 0) is 26.2 Å². The maximum atomic E-state index is 9.64. The highest BCUT2D eigenvalue weighted by molar-refractivity contribution is 4.92. The van der Waals surface area contributed by atoms with Crippen molar-refractivity contribution >= 4 is 0 Å². The molecule has 15 heavy (non-hydrogen) atoms. The van der Waals surface area contributed by atoms with Crippen LogP contribution in [0.2, 0.25) is 0 Å². The SMILES string of the molecule is CC(O)(CO)CNC1CCN(C2CC2)C1. The molecular formula is C11H22N2O2. The quantitative estimate of drug-likeness (QED) is 0.580. The zero-order valence-corrected chi connectivity index (χ0v) is 9.45. The lowest BCUT2D eigenvalue weighted by Crippen LogP contribution is -2.45. The molecule has 88 valence electrons. The third-order valence-corrected chi connectivity index (χ3v) is 3.40. The van der Waals surface area contributed by atoms with E-state index >= 15 is 0 Å². The van der Waals surface area contributed by atoms with Gasteiger partial charge in [0.15, 0.2) is 0 Å². The summed E-state index contributed by atoms with van der Waals surface area (Å²) in [6.07, 6.45) is 3.89. The van der Waals surface area contributed by atoms with Gasteiger partial charge in [-0.15, -0.1) is 0 Å². The molecular weight excluding hydrogens is 192 g/mol. The molecule has 3 N–H and O–H groups in total. The maximum Gasteiger partial charge on any atom is 0.0972 e. The number of likely N-dealkylation sites (tertiary alicyclic amines) is 1. The van der Waals surface area contributed by atoms with Crippen molar-refractivity contribution in [2.45, 2.75) is 43.9 Å². The van der Waals surface area contributed by atoms with E-state index < -0.39 is 5.60 Å². The molecule has 0 aromatic rings. The van der Waals surface area contributed by atoms with Crippen molar-refractivity contribution < 1.29 is 10.2 Å². The molecule has 1 heterocycles. The number of nitrogens with one attached hydrogen (secondary N) is 1. The Labute approximate surface area is 91.3 Å². The van der Waals surface area contributed by atoms with Gasteiger partial charge in [0.2, 0.25) is 0 Å². The first kappa shape index (κ1) is 11.3. The van der Waals surface area contributed by atoms with Gasteiger partial charge in [-0.2, -0.15) is 0 Å². The van der Waals surface area contributed by atoms with Gasteiger partial charge in [0.25, 0.3) is 0 Å². The van der Waals surface area contributed by atoms with Crippen LogP contribution in [-0.4, -0.2) is 59.0 Å². The number of hydrogen-bond donors (Lipinski definition) is 3. The number of hydrogen-bond acceptors (Lipinski definition) is 4. The summed E-state index contributed by atoms with van der Waals surface area (Å²) in [6.45, 7) is 4.25. The second-order valence-electron chi connectivity index (χ2n) is 5.25. The average Bonchev–Trinajstić information content (AvgIpc) is 2.96. The van der Waals surface area contributed by atoms with Gasteiger partial charge in [-0.25, -0.2) is 0 Å². The molecule has 0 bridgehead atoms. The van der Waals surface area contributed by atoms with Crippen LogP contribution in [-0.2, 0) is 0 Å². The molecule has 1 aliphatic carbocycles. The number of aliphatic hydroxyl groups is 2. The second-order valence-corrected chi connectivity index (χ2v) is 5.25. The predicted molar refractivity (Wildman–Crippen MR) is 58.7 cm³/mol. The molecule has 2 fully saturated rings. The van der Waals surface area contributed by atoms with E-state index in [9.17, 15) is 5.11 Å². The first-order chi connectivity index (χ1) is 7.11. The first-order valence-corrected chi connectivity index (χ1v) is 5.91. The van der Waals surface area contributed by atoms with E-state index in [2.05, 4.69) is 10.2 Å². The number of rotatable bonds is 5. The molecule has 0 aromatic heterocycles. The summed E-state index contributed by atoms with van der Waals surface area (Å²) in [5, 5.41) is 21.9. The van der Waals surface area contributed by atoms with Crippen LogP contribution in [0.4, 0.5) is 0 Å². The van der Waals surface area contributed by atoms with E-state index in [-0.39, 0.29) is 6.61 Å². The topological polar surface area (TPSA) is 55.7 Å². The van der Waals surface area contributed by atoms with Crippen LogP contribution in [0.1, 0.15) is 26.2 Å². The zero-order valence-electron chi connectivity index (χ0n) is 9.45. The Hall–Kier alpha value is -0.160. The normalized spacial score (nSPS) is 31.8. The van der Waals surface area contributed by atoms with Crippen LogP contribution < -0.4 is 5.32 Å². The standard InChI is InChI=1S/C11H22N2O2/c1-11(15,8-14)7-12-9-4-5-13(6-9)10-2-3-10/h9-10,12,14-15H,2-8H2,1H3. The van der Waals surface area contributed by atoms with Crippen LogP contribution in [0.3, 0.4) is 0 Å². The minimum Gasteiger partial charge on any atom is -0.393 e. The van der Waals surface area contributed by atoms with Gasteiger partial charge in [-0.1, -0.05) is 0 Å². The fraction of sp³-hybridized carbons (Fsp3) is 1.00. The van der Waals surface area contributed by atoms with Crippen LogP contribution in [0.15, 0.2) is 0 Å². The summed E-state index contributed by atoms with van der Waals surface area (Å²) in [7, 11) is 0. The van der Waals surface area contributed by atoms with Crippen molar-refractivity contribution in [3.8, 4) is 0 Å². The van der Waals surface area contributed by atoms with Crippen LogP contribution in [0.5, 0.6) is 0 Å². The lowest BCUT2D eigenvalue weighted by Gasteiger charge is -2.23. The lowest BCUT2D eigenvalue weighted by molar-refractivity contribution is 0.000932. The Bertz CT molecular complexity index is 217. The summed E-state index contributed by atoms with van der Waals surface area (Å²) >= 11 is 0. The first-order valence-electron chi connectivity index (χ1n) is 5.91. The monoisotopic (exact) mass is 214 g/mol. The zero-order chi connectivity index (χ0) is 10.9. The molecule has 2 unspecified atom stereocenters. The van der Waals surface area contributed by atoms with Crippen molar-refractivity contribution in [2.75, 3.05) is 26.2 Å². The molecule has 1 saturated carbocycles. The molecule has 4 nitrogen and oxygen atoms in total. The van der Waals surface area contributed by atoms with E-state index in [1.165, 1.54) is 19.4 Å². The Balaban J connectivity index is 1.68. The van der Waals surface area contributed by atoms with E-state index in [1.54, 1.807) is 6.92 Å². The molecule has 4 heteroatoms. The molecule has 2 rings (SSSR count). The highest BCUT2D eigenvalue weighted by Gasteiger charge is 2.34. The van der Waals surface area contributed by atoms with Crippen LogP contribution >= 0.6 is 0 Å². The van der Waals surface area contributed by atoms with Gasteiger partial charge in [0, 0.05) is 31.7 Å². The number of nitrogens with zero attached hydrogens (tertiary/aromatic N) is 1. The van der Waals surface area contributed by atoms with E-state index in [0.29, 0.717) is 12.6 Å². The van der Waals surface area contributed by atoms with E-state index in [0.717, 1.165) is 19.0 Å². The highest BCUT2D eigenvalue weighted by atomic mass is 16.3. The highest BCUT2D eigenvalue weighted by Crippen LogP contribution is 2.29. The minimum absolute atomic E-state index is 0.181. The summed E-state index contributed by atoms with van der Waals surface area (Å²) in [4.78, 5) is 2.53. The Morgan fingerprint density at radius 2 is 2.13 bits per heavy atom. The van der Waals surface area contributed by atoms with Crippen LogP contribution in [0.25, 0.3) is 0 Å². The molecule has 0 aromatic carbocycles. The largest absolute Gasteiger partial charge is 0.393 e. The fourth-order valence-electron chi connectivity index (χ4n) is 2.15. The summed E-state index contributed by atoms with van der Waals surface area (Å²) < 4.78 is 0. The predicted octanol–water partition coefficient (Wildman–Crippen LogP) is -0.444. The Kier molecular flexibility index (Phi) is 3.30. The average molecular weight is 214 g/mol. The Morgan fingerprint density at radius 3 is 2.73 bits per heavy atom. The van der Waals surface area contributed by atoms with E-state index in [1.807, 2.05) is 0 Å². The molecule has 0 spiro atoms. The molecule has 0 radical (unpaired) electrons. The Morgan fingerprint density at radius 1 is 1.40 bits per heavy atom. The van der Waals surface area contributed by atoms with Crippen molar-refractivity contribution in [3.05, 3.63) is 0 Å². The van der Waals surface area contributed by atoms with Gasteiger partial charge < -0.3 is 15.5 Å². The molecule has 2 atom stereocenters. The van der Waals surface area contributed by atoms with Gasteiger partial charge >= 0.3 is 0 Å². The molecule has 2 aliphatic rings. The second kappa shape index (κ2) is 4.37. The van der Waals surface area contributed by atoms with Crippen molar-refractivity contribution in [1.82, 2.24) is 10.2 Å². The third kappa shape index (κ3) is 3.14. The molecule has 0 amide bonds. The fourth-order valence-corrected chi connectivity index (χ4v) is 2.15. The smallest absolute Gasteiger partial charge is 0.0972 e. The van der Waals surface area contributed by atoms with Gasteiger partial charge in [0.05, 0.1) is 12.2 Å². The van der Waals surface area contributed by atoms with Crippen molar-refractivity contribution in [1.29, 1.82) is 0 Å². The molecule has 1 aliphatic heterocycles. The van der Waals surface area contributed by atoms with Gasteiger partial charge in [0.1, 0.15) is 0 Å².